The first-order valence-corrected chi connectivity index (χ1v) is 9.37. The fourth-order valence-electron chi connectivity index (χ4n) is 2.83. The second kappa shape index (κ2) is 10.8. The molecule has 25 heavy (non-hydrogen) atoms. The Morgan fingerprint density at radius 2 is 1.64 bits per heavy atom. The molecule has 0 spiro atoms. The Bertz CT molecular complexity index is 772. The molecule has 0 aromatic heterocycles. The Kier molecular flexibility index (Phi) is 9.48. The smallest absolute Gasteiger partial charge is 0.169 e. The number of aliphatic imine (C=N–C) groups is 1. The van der Waals surface area contributed by atoms with Crippen molar-refractivity contribution in [1.29, 1.82) is 0 Å². The van der Waals surface area contributed by atoms with E-state index in [2.05, 4.69) is 86.5 Å². The summed E-state index contributed by atoms with van der Waals surface area (Å²) in [6.07, 6.45) is 0.858. The molecule has 0 aliphatic rings. The van der Waals surface area contributed by atoms with Crippen molar-refractivity contribution < 1.29 is 0 Å². The number of nitrogens with zero attached hydrogens (tertiary/aromatic N) is 1. The van der Waals surface area contributed by atoms with Crippen molar-refractivity contribution >= 4 is 56.6 Å². The Morgan fingerprint density at radius 1 is 1.08 bits per heavy atom. The molecule has 0 amide bonds. The van der Waals surface area contributed by atoms with E-state index in [1.807, 2.05) is 0 Å². The van der Waals surface area contributed by atoms with Crippen LogP contribution in [0.4, 0.5) is 0 Å². The fraction of sp³-hybridized carbons (Fsp3) is 0.300. The highest BCUT2D eigenvalue weighted by Gasteiger charge is 2.14. The molecular weight excluding hydrogens is 389 g/mol. The molecule has 0 fully saturated rings. The number of thiocarbonyl (C=S) groups is 2. The second-order valence-corrected chi connectivity index (χ2v) is 7.94. The van der Waals surface area contributed by atoms with Crippen molar-refractivity contribution in [3.8, 4) is 0 Å². The van der Waals surface area contributed by atoms with E-state index < -0.39 is 0 Å². The standard InChI is InChI=1S/C19H21NS.CCl2S/c1-13-8-14(2)10-17(9-13)11-19(20-12-21)18-7-5-6-15(3)16(18)4;2-1(3)4/h5-10,19H,11H2,1-4H3;. The minimum Gasteiger partial charge on any atom is -0.224 e. The molecule has 2 rings (SSSR count). The highest BCUT2D eigenvalue weighted by atomic mass is 35.5. The molecule has 132 valence electrons. The molecule has 0 heterocycles. The third-order valence-electron chi connectivity index (χ3n) is 3.92. The largest absolute Gasteiger partial charge is 0.224 e. The summed E-state index contributed by atoms with van der Waals surface area (Å²) >= 11 is 18.5. The van der Waals surface area contributed by atoms with Gasteiger partial charge in [-0.3, -0.25) is 0 Å². The Morgan fingerprint density at radius 3 is 2.16 bits per heavy atom. The lowest BCUT2D eigenvalue weighted by molar-refractivity contribution is 0.722. The number of halogens is 2. The maximum atomic E-state index is 4.86. The summed E-state index contributed by atoms with van der Waals surface area (Å²) in [5.74, 6) is 0. The van der Waals surface area contributed by atoms with Gasteiger partial charge >= 0.3 is 0 Å². The lowest BCUT2D eigenvalue weighted by atomic mass is 9.92. The van der Waals surface area contributed by atoms with Crippen LogP contribution in [-0.2, 0) is 6.42 Å². The van der Waals surface area contributed by atoms with Crippen LogP contribution < -0.4 is 0 Å². The molecule has 0 radical (unpaired) electrons. The van der Waals surface area contributed by atoms with Crippen LogP contribution in [0.15, 0.2) is 41.4 Å². The van der Waals surface area contributed by atoms with Gasteiger partial charge in [0.1, 0.15) is 0 Å². The Hall–Kier alpha value is -1.09. The van der Waals surface area contributed by atoms with Gasteiger partial charge in [0.15, 0.2) is 3.78 Å². The summed E-state index contributed by atoms with van der Waals surface area (Å²) in [5.41, 5.74) is 7.70. The lowest BCUT2D eigenvalue weighted by Gasteiger charge is -2.16. The predicted octanol–water partition coefficient (Wildman–Crippen LogP) is 7.06. The highest BCUT2D eigenvalue weighted by Crippen LogP contribution is 2.27. The molecule has 1 unspecified atom stereocenters. The van der Waals surface area contributed by atoms with Crippen LogP contribution in [0.5, 0.6) is 0 Å². The summed E-state index contributed by atoms with van der Waals surface area (Å²) < 4.78 is -0.0556. The van der Waals surface area contributed by atoms with E-state index >= 15 is 0 Å². The zero-order valence-corrected chi connectivity index (χ0v) is 17.9. The molecule has 2 aromatic rings. The van der Waals surface area contributed by atoms with Crippen LogP contribution in [0.3, 0.4) is 0 Å². The van der Waals surface area contributed by atoms with Crippen molar-refractivity contribution in [2.24, 2.45) is 4.99 Å². The van der Waals surface area contributed by atoms with Crippen LogP contribution in [0.1, 0.15) is 39.4 Å². The maximum Gasteiger partial charge on any atom is 0.169 e. The second-order valence-electron chi connectivity index (χ2n) is 5.95. The summed E-state index contributed by atoms with van der Waals surface area (Å²) in [7, 11) is 0. The molecule has 0 aliphatic carbocycles. The maximum absolute atomic E-state index is 4.86. The van der Waals surface area contributed by atoms with Crippen molar-refractivity contribution in [2.45, 2.75) is 40.2 Å². The number of benzene rings is 2. The van der Waals surface area contributed by atoms with Gasteiger partial charge in [-0.25, -0.2) is 4.99 Å². The molecular formula is C20H21Cl2NS2. The van der Waals surface area contributed by atoms with Crippen LogP contribution in [0.2, 0.25) is 0 Å². The monoisotopic (exact) mass is 409 g/mol. The van der Waals surface area contributed by atoms with Gasteiger partial charge in [0.2, 0.25) is 0 Å². The van der Waals surface area contributed by atoms with Crippen molar-refractivity contribution in [2.75, 3.05) is 0 Å². The molecule has 0 aliphatic heterocycles. The van der Waals surface area contributed by atoms with E-state index in [-0.39, 0.29) is 9.82 Å². The SMILES string of the molecule is Cc1cc(C)cc(CC(N=C=S)c2cccc(C)c2C)c1.S=C(Cl)Cl. The van der Waals surface area contributed by atoms with Gasteiger partial charge in [0, 0.05) is 0 Å². The molecule has 1 nitrogen and oxygen atoms in total. The predicted molar refractivity (Wildman–Crippen MR) is 118 cm³/mol. The normalized spacial score (nSPS) is 11.0. The van der Waals surface area contributed by atoms with Crippen LogP contribution in [-0.4, -0.2) is 8.94 Å². The fourth-order valence-corrected chi connectivity index (χ4v) is 2.96. The number of isothiocyanates is 1. The van der Waals surface area contributed by atoms with Gasteiger partial charge in [0.05, 0.1) is 11.2 Å². The molecule has 2 aromatic carbocycles. The quantitative estimate of drug-likeness (QED) is 0.304. The van der Waals surface area contributed by atoms with Crippen molar-refractivity contribution in [3.63, 3.8) is 0 Å². The van der Waals surface area contributed by atoms with E-state index in [1.165, 1.54) is 33.4 Å². The van der Waals surface area contributed by atoms with Gasteiger partial charge in [-0.05, 0) is 68.6 Å². The summed E-state index contributed by atoms with van der Waals surface area (Å²) in [6, 6.07) is 13.1. The molecule has 0 saturated heterocycles. The zero-order valence-electron chi connectivity index (χ0n) is 14.8. The Balaban J connectivity index is 0.000000705. The van der Waals surface area contributed by atoms with Gasteiger partial charge < -0.3 is 0 Å². The van der Waals surface area contributed by atoms with Crippen molar-refractivity contribution in [3.05, 3.63) is 69.8 Å². The first-order valence-electron chi connectivity index (χ1n) is 7.79. The molecule has 5 heteroatoms. The molecule has 0 bridgehead atoms. The van der Waals surface area contributed by atoms with E-state index in [1.54, 1.807) is 0 Å². The molecule has 0 saturated carbocycles. The average Bonchev–Trinajstić information content (AvgIpc) is 2.48. The van der Waals surface area contributed by atoms with Crippen LogP contribution in [0.25, 0.3) is 0 Å². The highest BCUT2D eigenvalue weighted by molar-refractivity contribution is 7.86. The lowest BCUT2D eigenvalue weighted by Crippen LogP contribution is -2.04. The molecule has 1 atom stereocenters. The number of rotatable bonds is 4. The third-order valence-corrected chi connectivity index (χ3v) is 4.03. The summed E-state index contributed by atoms with van der Waals surface area (Å²) in [4.78, 5) is 4.42. The first kappa shape index (κ1) is 22.0. The molecule has 0 N–H and O–H groups in total. The number of hydrogen-bond acceptors (Lipinski definition) is 3. The first-order chi connectivity index (χ1) is 11.7. The number of aryl methyl sites for hydroxylation is 3. The van der Waals surface area contributed by atoms with E-state index in [0.29, 0.717) is 0 Å². The van der Waals surface area contributed by atoms with E-state index in [0.717, 1.165) is 6.42 Å². The summed E-state index contributed by atoms with van der Waals surface area (Å²) in [6.45, 7) is 8.55. The van der Waals surface area contributed by atoms with Gasteiger partial charge in [-0.15, -0.1) is 0 Å². The van der Waals surface area contributed by atoms with Crippen LogP contribution >= 0.6 is 47.6 Å². The summed E-state index contributed by atoms with van der Waals surface area (Å²) in [5, 5.41) is 2.57. The minimum atomic E-state index is -0.0556. The van der Waals surface area contributed by atoms with Gasteiger partial charge in [-0.1, -0.05) is 82.9 Å². The topological polar surface area (TPSA) is 12.4 Å². The van der Waals surface area contributed by atoms with Crippen LogP contribution in [0, 0.1) is 27.7 Å². The van der Waals surface area contributed by atoms with Crippen molar-refractivity contribution in [1.82, 2.24) is 0 Å². The average molecular weight is 410 g/mol. The third kappa shape index (κ3) is 7.77. The minimum absolute atomic E-state index is 0.0450. The zero-order chi connectivity index (χ0) is 19.0. The number of hydrogen-bond donors (Lipinski definition) is 0. The van der Waals surface area contributed by atoms with E-state index in [4.69, 9.17) is 35.4 Å². The van der Waals surface area contributed by atoms with Gasteiger partial charge in [0.25, 0.3) is 0 Å². The Labute approximate surface area is 171 Å². The van der Waals surface area contributed by atoms with E-state index in [9.17, 15) is 0 Å². The van der Waals surface area contributed by atoms with Gasteiger partial charge in [-0.2, -0.15) is 0 Å².